The van der Waals surface area contributed by atoms with Crippen molar-refractivity contribution in [2.75, 3.05) is 27.9 Å². The summed E-state index contributed by atoms with van der Waals surface area (Å²) in [6.45, 7) is 2.70. The lowest BCUT2D eigenvalue weighted by Gasteiger charge is -2.43. The average molecular weight is 306 g/mol. The maximum atomic E-state index is 11.3. The lowest BCUT2D eigenvalue weighted by atomic mass is 9.98. The van der Waals surface area contributed by atoms with Crippen LogP contribution in [0.4, 0.5) is 0 Å². The van der Waals surface area contributed by atoms with Crippen LogP contribution in [0, 0.1) is 0 Å². The number of hydrogen-bond donors (Lipinski definition) is 0. The van der Waals surface area contributed by atoms with E-state index in [1.165, 1.54) is 35.2 Å². The molecule has 0 saturated carbocycles. The average Bonchev–Trinajstić information content (AvgIpc) is 2.40. The van der Waals surface area contributed by atoms with E-state index in [0.29, 0.717) is 0 Å². The van der Waals surface area contributed by atoms with Gasteiger partial charge in [0.25, 0.3) is 0 Å². The smallest absolute Gasteiger partial charge is 0.305 e. The van der Waals surface area contributed by atoms with E-state index in [1.54, 1.807) is 0 Å². The van der Waals surface area contributed by atoms with Gasteiger partial charge in [-0.05, 0) is 0 Å². The molecule has 0 amide bonds. The number of ether oxygens (including phenoxy) is 6. The normalized spacial score (nSPS) is 32.5. The van der Waals surface area contributed by atoms with Crippen LogP contribution >= 0.6 is 0 Å². The van der Waals surface area contributed by atoms with Crippen molar-refractivity contribution in [3.8, 4) is 0 Å². The number of carbonyl (C=O) groups is 2. The van der Waals surface area contributed by atoms with Gasteiger partial charge in [-0.25, -0.2) is 0 Å². The van der Waals surface area contributed by atoms with Crippen molar-refractivity contribution in [1.29, 1.82) is 0 Å². The van der Waals surface area contributed by atoms with Crippen molar-refractivity contribution in [3.05, 3.63) is 0 Å². The van der Waals surface area contributed by atoms with Gasteiger partial charge in [0.1, 0.15) is 18.3 Å². The highest BCUT2D eigenvalue weighted by Gasteiger charge is 2.50. The molecule has 1 aliphatic rings. The Kier molecular flexibility index (Phi) is 7.03. The van der Waals surface area contributed by atoms with Crippen LogP contribution in [0.3, 0.4) is 0 Å². The third-order valence-corrected chi connectivity index (χ3v) is 3.05. The third kappa shape index (κ3) is 4.63. The molecule has 0 spiro atoms. The van der Waals surface area contributed by atoms with Crippen LogP contribution < -0.4 is 0 Å². The molecule has 5 atom stereocenters. The van der Waals surface area contributed by atoms with E-state index in [-0.39, 0.29) is 6.61 Å². The quantitative estimate of drug-likeness (QED) is 0.628. The summed E-state index contributed by atoms with van der Waals surface area (Å²) in [7, 11) is 4.37. The Labute approximate surface area is 123 Å². The summed E-state index contributed by atoms with van der Waals surface area (Å²) >= 11 is 0. The van der Waals surface area contributed by atoms with Gasteiger partial charge in [0, 0.05) is 35.2 Å². The van der Waals surface area contributed by atoms with Crippen LogP contribution in [0.1, 0.15) is 13.8 Å². The molecule has 122 valence electrons. The molecule has 0 aliphatic carbocycles. The van der Waals surface area contributed by atoms with Gasteiger partial charge in [-0.3, -0.25) is 9.59 Å². The highest BCUT2D eigenvalue weighted by Crippen LogP contribution is 2.28. The third-order valence-electron chi connectivity index (χ3n) is 3.05. The molecule has 3 unspecified atom stereocenters. The zero-order valence-corrected chi connectivity index (χ0v) is 12.9. The maximum absolute atomic E-state index is 11.3. The van der Waals surface area contributed by atoms with Crippen LogP contribution in [0.5, 0.6) is 0 Å². The van der Waals surface area contributed by atoms with Crippen LogP contribution in [0.15, 0.2) is 0 Å². The first kappa shape index (κ1) is 17.8. The summed E-state index contributed by atoms with van der Waals surface area (Å²) < 4.78 is 31.7. The van der Waals surface area contributed by atoms with Crippen LogP contribution in [-0.4, -0.2) is 70.6 Å². The van der Waals surface area contributed by atoms with Crippen molar-refractivity contribution in [2.24, 2.45) is 0 Å². The first-order valence-corrected chi connectivity index (χ1v) is 6.49. The van der Waals surface area contributed by atoms with E-state index in [0.717, 1.165) is 0 Å². The SMILES string of the molecule is COCC1O[C@@H](OC(C)=O)C(OC)C(OC)[C@@H]1OC(C)=O. The molecular formula is C13H22O8. The van der Waals surface area contributed by atoms with E-state index >= 15 is 0 Å². The van der Waals surface area contributed by atoms with Gasteiger partial charge >= 0.3 is 11.9 Å². The fraction of sp³-hybridized carbons (Fsp3) is 0.846. The van der Waals surface area contributed by atoms with Gasteiger partial charge in [0.05, 0.1) is 6.61 Å². The summed E-state index contributed by atoms with van der Waals surface area (Å²) in [5.74, 6) is -0.994. The fourth-order valence-electron chi connectivity index (χ4n) is 2.29. The zero-order chi connectivity index (χ0) is 16.0. The first-order chi connectivity index (χ1) is 9.94. The molecular weight excluding hydrogens is 284 g/mol. The van der Waals surface area contributed by atoms with Gasteiger partial charge in [0.2, 0.25) is 6.29 Å². The Balaban J connectivity index is 3.00. The van der Waals surface area contributed by atoms with E-state index < -0.39 is 42.6 Å². The van der Waals surface area contributed by atoms with Crippen molar-refractivity contribution >= 4 is 11.9 Å². The first-order valence-electron chi connectivity index (χ1n) is 6.49. The second-order valence-electron chi connectivity index (χ2n) is 4.58. The molecule has 0 aromatic rings. The molecule has 1 saturated heterocycles. The van der Waals surface area contributed by atoms with Crippen LogP contribution in [-0.2, 0) is 38.0 Å². The predicted octanol–water partition coefficient (Wildman–Crippen LogP) is -0.117. The van der Waals surface area contributed by atoms with Crippen molar-refractivity contribution in [3.63, 3.8) is 0 Å². The highest BCUT2D eigenvalue weighted by molar-refractivity contribution is 5.66. The van der Waals surface area contributed by atoms with Crippen LogP contribution in [0.2, 0.25) is 0 Å². The van der Waals surface area contributed by atoms with Gasteiger partial charge in [-0.2, -0.15) is 0 Å². The Morgan fingerprint density at radius 1 is 0.905 bits per heavy atom. The summed E-state index contributed by atoms with van der Waals surface area (Å²) in [5.41, 5.74) is 0. The van der Waals surface area contributed by atoms with Crippen molar-refractivity contribution in [2.45, 2.75) is 44.6 Å². The Morgan fingerprint density at radius 2 is 1.48 bits per heavy atom. The van der Waals surface area contributed by atoms with Crippen molar-refractivity contribution < 1.29 is 38.0 Å². The number of methoxy groups -OCH3 is 3. The standard InChI is InChI=1S/C13H22O8/c1-7(14)19-10-9(6-16-3)21-13(20-8(2)15)12(18-5)11(10)17-4/h9-13H,6H2,1-5H3/t9?,10-,11?,12?,13-/m1/s1. The number of hydrogen-bond acceptors (Lipinski definition) is 8. The van der Waals surface area contributed by atoms with Crippen LogP contribution in [0.25, 0.3) is 0 Å². The van der Waals surface area contributed by atoms with E-state index in [4.69, 9.17) is 28.4 Å². The molecule has 1 rings (SSSR count). The molecule has 0 radical (unpaired) electrons. The molecule has 0 bridgehead atoms. The minimum atomic E-state index is -0.968. The summed E-state index contributed by atoms with van der Waals surface area (Å²) in [6, 6.07) is 0. The largest absolute Gasteiger partial charge is 0.457 e. The van der Waals surface area contributed by atoms with Gasteiger partial charge in [-0.1, -0.05) is 0 Å². The number of rotatable bonds is 6. The van der Waals surface area contributed by atoms with E-state index in [1.807, 2.05) is 0 Å². The lowest BCUT2D eigenvalue weighted by Crippen LogP contribution is -2.61. The maximum Gasteiger partial charge on any atom is 0.305 e. The monoisotopic (exact) mass is 306 g/mol. The number of esters is 2. The van der Waals surface area contributed by atoms with E-state index in [9.17, 15) is 9.59 Å². The molecule has 8 nitrogen and oxygen atoms in total. The molecule has 1 heterocycles. The second-order valence-corrected chi connectivity index (χ2v) is 4.58. The summed E-state index contributed by atoms with van der Waals surface area (Å²) in [6.07, 6.45) is -3.72. The predicted molar refractivity (Wildman–Crippen MR) is 69.5 cm³/mol. The minimum absolute atomic E-state index is 0.145. The Bertz CT molecular complexity index is 358. The molecule has 1 aliphatic heterocycles. The summed E-state index contributed by atoms with van der Waals surface area (Å²) in [5, 5.41) is 0. The number of carbonyl (C=O) groups excluding carboxylic acids is 2. The molecule has 0 aromatic heterocycles. The van der Waals surface area contributed by atoms with Crippen molar-refractivity contribution in [1.82, 2.24) is 0 Å². The highest BCUT2D eigenvalue weighted by atomic mass is 16.7. The minimum Gasteiger partial charge on any atom is -0.457 e. The topological polar surface area (TPSA) is 89.5 Å². The molecule has 8 heteroatoms. The molecule has 1 fully saturated rings. The fourth-order valence-corrected chi connectivity index (χ4v) is 2.29. The molecule has 0 aromatic carbocycles. The lowest BCUT2D eigenvalue weighted by molar-refractivity contribution is -0.303. The van der Waals surface area contributed by atoms with E-state index in [2.05, 4.69) is 0 Å². The molecule has 21 heavy (non-hydrogen) atoms. The second kappa shape index (κ2) is 8.28. The zero-order valence-electron chi connectivity index (χ0n) is 12.9. The Hall–Kier alpha value is -1.22. The summed E-state index contributed by atoms with van der Waals surface area (Å²) in [4.78, 5) is 22.5. The Morgan fingerprint density at radius 3 is 1.90 bits per heavy atom. The van der Waals surface area contributed by atoms with Gasteiger partial charge in [0.15, 0.2) is 6.10 Å². The van der Waals surface area contributed by atoms with Gasteiger partial charge in [-0.15, -0.1) is 0 Å². The molecule has 0 N–H and O–H groups in total. The van der Waals surface area contributed by atoms with Gasteiger partial charge < -0.3 is 28.4 Å².